The van der Waals surface area contributed by atoms with Crippen molar-refractivity contribution in [3.63, 3.8) is 0 Å². The lowest BCUT2D eigenvalue weighted by Crippen LogP contribution is -2.19. The number of halogens is 8. The number of nitrogens with zero attached hydrogens (tertiary/aromatic N) is 1. The van der Waals surface area contributed by atoms with Gasteiger partial charge in [0.05, 0.1) is 29.2 Å². The third-order valence-corrected chi connectivity index (χ3v) is 3.68. The minimum Gasteiger partial charge on any atom is -0.341 e. The monoisotopic (exact) mass is 359 g/mol. The zero-order valence-electron chi connectivity index (χ0n) is 11.6. The van der Waals surface area contributed by atoms with E-state index in [1.807, 2.05) is 0 Å². The number of aromatic amines is 1. The Morgan fingerprint density at radius 2 is 1.71 bits per heavy atom. The van der Waals surface area contributed by atoms with Gasteiger partial charge < -0.3 is 10.3 Å². The summed E-state index contributed by atoms with van der Waals surface area (Å²) in [4.78, 5) is 5.90. The summed E-state index contributed by atoms with van der Waals surface area (Å²) in [6.07, 6.45) is -10.8. The fourth-order valence-corrected chi connectivity index (χ4v) is 2.59. The Hall–Kier alpha value is -1.91. The summed E-state index contributed by atoms with van der Waals surface area (Å²) in [5.74, 6) is -3.32. The number of benzene rings is 1. The topological polar surface area (TPSA) is 40.7 Å². The van der Waals surface area contributed by atoms with Gasteiger partial charge in [0.2, 0.25) is 0 Å². The summed E-state index contributed by atoms with van der Waals surface area (Å²) in [5.41, 5.74) is -4.31. The fraction of sp³-hybridized carbons (Fsp3) is 0.462. The molecule has 1 aliphatic rings. The molecular formula is C13H9F8N3. The summed E-state index contributed by atoms with van der Waals surface area (Å²) < 4.78 is 104. The van der Waals surface area contributed by atoms with Gasteiger partial charge in [-0.3, -0.25) is 0 Å². The molecule has 2 aromatic rings. The number of hydrogen-bond acceptors (Lipinski definition) is 2. The van der Waals surface area contributed by atoms with Gasteiger partial charge in [0.1, 0.15) is 11.3 Å². The van der Waals surface area contributed by atoms with Crippen molar-refractivity contribution in [1.29, 1.82) is 0 Å². The van der Waals surface area contributed by atoms with Gasteiger partial charge in [0.25, 0.3) is 5.92 Å². The first kappa shape index (κ1) is 16.9. The number of rotatable bonds is 1. The molecule has 3 rings (SSSR count). The highest BCUT2D eigenvalue weighted by atomic mass is 19.4. The Balaban J connectivity index is 2.14. The van der Waals surface area contributed by atoms with E-state index in [1.54, 1.807) is 0 Å². The van der Waals surface area contributed by atoms with Crippen molar-refractivity contribution in [2.45, 2.75) is 30.7 Å². The quantitative estimate of drug-likeness (QED) is 0.747. The summed E-state index contributed by atoms with van der Waals surface area (Å²) in [7, 11) is 0. The lowest BCUT2D eigenvalue weighted by molar-refractivity contribution is -0.142. The molecule has 0 radical (unpaired) electrons. The van der Waals surface area contributed by atoms with Gasteiger partial charge in [-0.2, -0.15) is 26.3 Å². The highest BCUT2D eigenvalue weighted by Gasteiger charge is 2.42. The molecule has 0 aliphatic carbocycles. The molecule has 1 fully saturated rings. The largest absolute Gasteiger partial charge is 0.418 e. The summed E-state index contributed by atoms with van der Waals surface area (Å²) in [5, 5.41) is 2.38. The summed E-state index contributed by atoms with van der Waals surface area (Å²) in [6.45, 7) is -0.686. The molecule has 11 heteroatoms. The Labute approximate surface area is 129 Å². The van der Waals surface area contributed by atoms with Crippen molar-refractivity contribution in [2.75, 3.05) is 6.54 Å². The van der Waals surface area contributed by atoms with Crippen LogP contribution in [0.1, 0.15) is 29.4 Å². The predicted octanol–water partition coefficient (Wildman–Crippen LogP) is 4.27. The number of fused-ring (bicyclic) bond motifs is 1. The average molecular weight is 359 g/mol. The van der Waals surface area contributed by atoms with E-state index in [0.717, 1.165) is 0 Å². The number of imidazole rings is 1. The fourth-order valence-electron chi connectivity index (χ4n) is 2.59. The molecule has 1 aromatic carbocycles. The molecule has 1 aliphatic heterocycles. The van der Waals surface area contributed by atoms with E-state index < -0.39 is 59.4 Å². The highest BCUT2D eigenvalue weighted by Crippen LogP contribution is 2.40. The smallest absolute Gasteiger partial charge is 0.341 e. The molecule has 1 atom stereocenters. The summed E-state index contributed by atoms with van der Waals surface area (Å²) >= 11 is 0. The highest BCUT2D eigenvalue weighted by molar-refractivity contribution is 5.80. The van der Waals surface area contributed by atoms with Crippen molar-refractivity contribution in [1.82, 2.24) is 15.3 Å². The minimum absolute atomic E-state index is 0.0381. The van der Waals surface area contributed by atoms with Crippen LogP contribution in [0, 0.1) is 0 Å². The second kappa shape index (κ2) is 5.04. The minimum atomic E-state index is -5.07. The zero-order chi connectivity index (χ0) is 17.9. The standard InChI is InChI=1S/C13H9F8N3/c14-11(15)3-8(22-4-11)10-23-7-2-5(12(16,17)18)1-6(9(7)24-10)13(19,20)21/h1-2,8,22H,3-4H2,(H,23,24)/t8-/m0/s1. The van der Waals surface area contributed by atoms with Crippen LogP contribution in [0.2, 0.25) is 0 Å². The van der Waals surface area contributed by atoms with E-state index in [0.29, 0.717) is 6.07 Å². The normalized spacial score (nSPS) is 21.6. The van der Waals surface area contributed by atoms with Gasteiger partial charge in [0.15, 0.2) is 0 Å². The van der Waals surface area contributed by atoms with E-state index in [1.165, 1.54) is 0 Å². The molecule has 0 amide bonds. The van der Waals surface area contributed by atoms with Crippen LogP contribution in [0.4, 0.5) is 35.1 Å². The SMILES string of the molecule is FC1(F)CN[C@H](c2nc3c(C(F)(F)F)cc(C(F)(F)F)cc3[nH]2)C1. The molecule has 24 heavy (non-hydrogen) atoms. The van der Waals surface area contributed by atoms with Gasteiger partial charge in [-0.05, 0) is 12.1 Å². The molecule has 2 heterocycles. The molecular weight excluding hydrogens is 350 g/mol. The molecule has 0 bridgehead atoms. The van der Waals surface area contributed by atoms with Crippen molar-refractivity contribution < 1.29 is 35.1 Å². The first-order valence-corrected chi connectivity index (χ1v) is 6.66. The third-order valence-electron chi connectivity index (χ3n) is 3.68. The Morgan fingerprint density at radius 1 is 1.04 bits per heavy atom. The Kier molecular flexibility index (Phi) is 3.56. The number of H-pyrrole nitrogens is 1. The molecule has 1 aromatic heterocycles. The van der Waals surface area contributed by atoms with E-state index >= 15 is 0 Å². The Bertz CT molecular complexity index is 774. The van der Waals surface area contributed by atoms with Crippen molar-refractivity contribution in [3.8, 4) is 0 Å². The maximum absolute atomic E-state index is 13.2. The van der Waals surface area contributed by atoms with Gasteiger partial charge in [-0.15, -0.1) is 0 Å². The van der Waals surface area contributed by atoms with Crippen LogP contribution in [0.25, 0.3) is 11.0 Å². The maximum Gasteiger partial charge on any atom is 0.418 e. The van der Waals surface area contributed by atoms with Gasteiger partial charge >= 0.3 is 12.4 Å². The average Bonchev–Trinajstić information content (AvgIpc) is 2.97. The second-order valence-electron chi connectivity index (χ2n) is 5.53. The van der Waals surface area contributed by atoms with E-state index in [-0.39, 0.29) is 11.9 Å². The van der Waals surface area contributed by atoms with E-state index in [4.69, 9.17) is 0 Å². The zero-order valence-corrected chi connectivity index (χ0v) is 11.6. The van der Waals surface area contributed by atoms with Crippen LogP contribution < -0.4 is 5.32 Å². The van der Waals surface area contributed by atoms with Crippen LogP contribution in [-0.2, 0) is 12.4 Å². The number of nitrogens with one attached hydrogen (secondary N) is 2. The van der Waals surface area contributed by atoms with Gasteiger partial charge in [-0.1, -0.05) is 0 Å². The Morgan fingerprint density at radius 3 is 2.21 bits per heavy atom. The van der Waals surface area contributed by atoms with Crippen molar-refractivity contribution in [2.24, 2.45) is 0 Å². The van der Waals surface area contributed by atoms with E-state index in [9.17, 15) is 35.1 Å². The molecule has 1 saturated heterocycles. The molecule has 0 saturated carbocycles. The summed E-state index contributed by atoms with van der Waals surface area (Å²) in [6, 6.07) is -0.625. The number of hydrogen-bond donors (Lipinski definition) is 2. The van der Waals surface area contributed by atoms with Gasteiger partial charge in [-0.25, -0.2) is 13.8 Å². The third kappa shape index (κ3) is 3.04. The van der Waals surface area contributed by atoms with Crippen LogP contribution in [0.3, 0.4) is 0 Å². The molecule has 0 unspecified atom stereocenters. The van der Waals surface area contributed by atoms with Crippen LogP contribution in [-0.4, -0.2) is 22.4 Å². The predicted molar refractivity (Wildman–Crippen MR) is 66.4 cm³/mol. The number of aromatic nitrogens is 2. The van der Waals surface area contributed by atoms with E-state index in [2.05, 4.69) is 15.3 Å². The van der Waals surface area contributed by atoms with Crippen molar-refractivity contribution in [3.05, 3.63) is 29.1 Å². The second-order valence-corrected chi connectivity index (χ2v) is 5.53. The van der Waals surface area contributed by atoms with Crippen LogP contribution >= 0.6 is 0 Å². The van der Waals surface area contributed by atoms with Crippen LogP contribution in [0.5, 0.6) is 0 Å². The molecule has 0 spiro atoms. The number of alkyl halides is 8. The molecule has 132 valence electrons. The maximum atomic E-state index is 13.2. The molecule has 2 N–H and O–H groups in total. The molecule has 3 nitrogen and oxygen atoms in total. The first-order chi connectivity index (χ1) is 10.9. The van der Waals surface area contributed by atoms with Gasteiger partial charge in [0, 0.05) is 6.42 Å². The lowest BCUT2D eigenvalue weighted by atomic mass is 10.1. The van der Waals surface area contributed by atoms with Crippen LogP contribution in [0.15, 0.2) is 12.1 Å². The van der Waals surface area contributed by atoms with Crippen molar-refractivity contribution >= 4 is 11.0 Å². The first-order valence-electron chi connectivity index (χ1n) is 6.66. The lowest BCUT2D eigenvalue weighted by Gasteiger charge is -2.11.